The molecule has 1 aromatic carbocycles. The molecular weight excluding hydrogens is 397 g/mol. The van der Waals surface area contributed by atoms with Crippen molar-refractivity contribution in [2.24, 2.45) is 0 Å². The van der Waals surface area contributed by atoms with Crippen molar-refractivity contribution in [2.75, 3.05) is 26.5 Å². The Morgan fingerprint density at radius 3 is 2.65 bits per heavy atom. The molecular formula is C23H28FN5O2. The third-order valence-corrected chi connectivity index (χ3v) is 5.36. The molecule has 2 aromatic heterocycles. The molecule has 0 atom stereocenters. The first-order valence-electron chi connectivity index (χ1n) is 10.1. The zero-order chi connectivity index (χ0) is 22.8. The van der Waals surface area contributed by atoms with Crippen LogP contribution in [0.1, 0.15) is 43.2 Å². The second kappa shape index (κ2) is 8.75. The number of para-hydroxylation sites is 1. The highest BCUT2D eigenvalue weighted by Gasteiger charge is 2.26. The number of benzene rings is 1. The van der Waals surface area contributed by atoms with Gasteiger partial charge in [0, 0.05) is 31.8 Å². The van der Waals surface area contributed by atoms with Gasteiger partial charge in [0.05, 0.1) is 18.4 Å². The van der Waals surface area contributed by atoms with E-state index in [4.69, 9.17) is 9.84 Å². The molecule has 0 aliphatic heterocycles. The van der Waals surface area contributed by atoms with Crippen molar-refractivity contribution in [1.82, 2.24) is 19.7 Å². The Labute approximate surface area is 181 Å². The molecule has 0 unspecified atom stereocenters. The summed E-state index contributed by atoms with van der Waals surface area (Å²) in [5.41, 5.74) is 1.47. The summed E-state index contributed by atoms with van der Waals surface area (Å²) in [4.78, 5) is 18.5. The van der Waals surface area contributed by atoms with Gasteiger partial charge in [-0.25, -0.2) is 14.1 Å². The van der Waals surface area contributed by atoms with Crippen molar-refractivity contribution in [1.29, 1.82) is 0 Å². The van der Waals surface area contributed by atoms with E-state index in [-0.39, 0.29) is 17.1 Å². The average Bonchev–Trinajstić information content (AvgIpc) is 3.17. The minimum absolute atomic E-state index is 0.0834. The van der Waals surface area contributed by atoms with E-state index >= 15 is 0 Å². The number of hydrogen-bond acceptors (Lipinski definition) is 5. The molecule has 0 aliphatic rings. The number of rotatable bonds is 7. The highest BCUT2D eigenvalue weighted by Crippen LogP contribution is 2.34. The summed E-state index contributed by atoms with van der Waals surface area (Å²) < 4.78 is 21.3. The molecule has 8 heteroatoms. The Balaban J connectivity index is 2.18. The van der Waals surface area contributed by atoms with E-state index in [1.807, 2.05) is 6.07 Å². The number of nitrogens with one attached hydrogen (secondary N) is 1. The van der Waals surface area contributed by atoms with E-state index in [0.717, 1.165) is 12.1 Å². The van der Waals surface area contributed by atoms with Crippen molar-refractivity contribution >= 4 is 17.5 Å². The number of halogens is 1. The first kappa shape index (κ1) is 22.3. The van der Waals surface area contributed by atoms with Crippen LogP contribution in [-0.4, -0.2) is 46.8 Å². The Kier molecular flexibility index (Phi) is 6.29. The van der Waals surface area contributed by atoms with E-state index in [0.29, 0.717) is 22.9 Å². The first-order valence-corrected chi connectivity index (χ1v) is 10.1. The molecule has 0 saturated carbocycles. The topological polar surface area (TPSA) is 72.3 Å². The molecule has 2 heterocycles. The van der Waals surface area contributed by atoms with E-state index in [2.05, 4.69) is 31.1 Å². The maximum absolute atomic E-state index is 14.4. The highest BCUT2D eigenvalue weighted by atomic mass is 19.1. The fourth-order valence-electron chi connectivity index (χ4n) is 3.07. The molecule has 1 N–H and O–H groups in total. The second-order valence-electron chi connectivity index (χ2n) is 8.08. The number of methoxy groups -OCH3 is 1. The number of hydrogen-bond donors (Lipinski definition) is 1. The van der Waals surface area contributed by atoms with Crippen molar-refractivity contribution in [3.8, 4) is 11.4 Å². The Morgan fingerprint density at radius 2 is 2.00 bits per heavy atom. The van der Waals surface area contributed by atoms with Crippen LogP contribution in [-0.2, 0) is 5.41 Å². The molecule has 0 saturated heterocycles. The second-order valence-corrected chi connectivity index (χ2v) is 8.08. The zero-order valence-electron chi connectivity index (χ0n) is 18.7. The summed E-state index contributed by atoms with van der Waals surface area (Å²) in [5, 5.41) is 7.99. The van der Waals surface area contributed by atoms with Crippen LogP contribution in [0, 0.1) is 5.82 Å². The Hall–Kier alpha value is -3.42. The minimum Gasteiger partial charge on any atom is -0.492 e. The smallest absolute Gasteiger partial charge is 0.257 e. The fraction of sp³-hybridized carbons (Fsp3) is 0.348. The largest absolute Gasteiger partial charge is 0.492 e. The number of carbonyl (C=O) groups is 1. The van der Waals surface area contributed by atoms with Crippen molar-refractivity contribution in [3.63, 3.8) is 0 Å². The fourth-order valence-corrected chi connectivity index (χ4v) is 3.07. The van der Waals surface area contributed by atoms with Crippen molar-refractivity contribution in [2.45, 2.75) is 32.6 Å². The van der Waals surface area contributed by atoms with Gasteiger partial charge in [0.25, 0.3) is 5.91 Å². The lowest BCUT2D eigenvalue weighted by Crippen LogP contribution is -2.23. The van der Waals surface area contributed by atoms with Gasteiger partial charge in [-0.2, -0.15) is 5.10 Å². The number of aromatic nitrogens is 3. The number of nitrogens with zero attached hydrogens (tertiary/aromatic N) is 4. The van der Waals surface area contributed by atoms with Crippen LogP contribution < -0.4 is 10.1 Å². The van der Waals surface area contributed by atoms with Gasteiger partial charge in [0.15, 0.2) is 11.6 Å². The lowest BCUT2D eigenvalue weighted by Gasteiger charge is -2.19. The predicted molar refractivity (Wildman–Crippen MR) is 119 cm³/mol. The van der Waals surface area contributed by atoms with E-state index in [1.165, 1.54) is 18.1 Å². The molecule has 3 rings (SSSR count). The van der Waals surface area contributed by atoms with Gasteiger partial charge in [0.1, 0.15) is 17.3 Å². The molecule has 0 radical (unpaired) electrons. The number of ether oxygens (including phenoxy) is 1. The Morgan fingerprint density at radius 1 is 1.26 bits per heavy atom. The van der Waals surface area contributed by atoms with Gasteiger partial charge in [-0.3, -0.25) is 4.79 Å². The number of amides is 1. The van der Waals surface area contributed by atoms with E-state index < -0.39 is 5.82 Å². The molecule has 3 aromatic rings. The minimum atomic E-state index is -0.487. The molecule has 1 amide bonds. The van der Waals surface area contributed by atoms with Crippen molar-refractivity contribution in [3.05, 3.63) is 59.7 Å². The molecule has 0 aliphatic carbocycles. The van der Waals surface area contributed by atoms with Gasteiger partial charge in [-0.15, -0.1) is 0 Å². The molecule has 31 heavy (non-hydrogen) atoms. The lowest BCUT2D eigenvalue weighted by atomic mass is 9.87. The molecule has 0 fully saturated rings. The van der Waals surface area contributed by atoms with Crippen LogP contribution >= 0.6 is 0 Å². The van der Waals surface area contributed by atoms with Gasteiger partial charge in [-0.1, -0.05) is 26.8 Å². The van der Waals surface area contributed by atoms with Crippen LogP contribution in [0.25, 0.3) is 5.69 Å². The Bertz CT molecular complexity index is 1090. The third-order valence-electron chi connectivity index (χ3n) is 5.36. The summed E-state index contributed by atoms with van der Waals surface area (Å²) in [6, 6.07) is 9.98. The molecule has 0 spiro atoms. The zero-order valence-corrected chi connectivity index (χ0v) is 18.7. The number of pyridine rings is 1. The van der Waals surface area contributed by atoms with E-state index in [9.17, 15) is 9.18 Å². The van der Waals surface area contributed by atoms with Crippen LogP contribution in [0.4, 0.5) is 16.0 Å². The number of anilines is 2. The third kappa shape index (κ3) is 4.38. The summed E-state index contributed by atoms with van der Waals surface area (Å²) in [6.07, 6.45) is 2.47. The molecule has 0 bridgehead atoms. The van der Waals surface area contributed by atoms with Crippen LogP contribution in [0.15, 0.2) is 42.6 Å². The van der Waals surface area contributed by atoms with Crippen LogP contribution in [0.2, 0.25) is 0 Å². The lowest BCUT2D eigenvalue weighted by molar-refractivity contribution is 0.0828. The normalized spacial score (nSPS) is 11.3. The van der Waals surface area contributed by atoms with Gasteiger partial charge < -0.3 is 15.0 Å². The molecule has 164 valence electrons. The van der Waals surface area contributed by atoms with Gasteiger partial charge in [0.2, 0.25) is 0 Å². The number of carbonyl (C=O) groups excluding carboxylic acids is 1. The summed E-state index contributed by atoms with van der Waals surface area (Å²) in [5.74, 6) is 0.351. The highest BCUT2D eigenvalue weighted by molar-refractivity contribution is 5.99. The quantitative estimate of drug-likeness (QED) is 0.601. The standard InChI is InChI=1S/C23H28FN5O2/c1-7-23(2,3)18-14-19(26-21-15(10-9-13-25-21)22(30)28(4)5)29(27-18)17-12-8-11-16(24)20(17)31-6/h8-14H,7H2,1-6H3,(H,25,26). The van der Waals surface area contributed by atoms with Crippen molar-refractivity contribution < 1.29 is 13.9 Å². The van der Waals surface area contributed by atoms with E-state index in [1.54, 1.807) is 49.2 Å². The van der Waals surface area contributed by atoms with Gasteiger partial charge in [-0.05, 0) is 30.7 Å². The predicted octanol–water partition coefficient (Wildman–Crippen LogP) is 4.55. The average molecular weight is 426 g/mol. The monoisotopic (exact) mass is 425 g/mol. The van der Waals surface area contributed by atoms with Crippen LogP contribution in [0.3, 0.4) is 0 Å². The summed E-state index contributed by atoms with van der Waals surface area (Å²) in [6.45, 7) is 6.27. The summed E-state index contributed by atoms with van der Waals surface area (Å²) >= 11 is 0. The van der Waals surface area contributed by atoms with Gasteiger partial charge >= 0.3 is 0 Å². The first-order chi connectivity index (χ1) is 14.7. The maximum Gasteiger partial charge on any atom is 0.257 e. The SMILES string of the molecule is CCC(C)(C)c1cc(Nc2ncccc2C(=O)N(C)C)n(-c2cccc(F)c2OC)n1. The maximum atomic E-state index is 14.4. The molecule has 7 nitrogen and oxygen atoms in total. The van der Waals surface area contributed by atoms with Crippen LogP contribution in [0.5, 0.6) is 5.75 Å². The summed E-state index contributed by atoms with van der Waals surface area (Å²) in [7, 11) is 4.79.